The van der Waals surface area contributed by atoms with Gasteiger partial charge in [-0.3, -0.25) is 0 Å². The molecule has 0 spiro atoms. The van der Waals surface area contributed by atoms with Crippen LogP contribution < -0.4 is 5.73 Å². The van der Waals surface area contributed by atoms with Crippen molar-refractivity contribution in [2.75, 3.05) is 5.73 Å². The number of benzene rings is 1. The van der Waals surface area contributed by atoms with Crippen LogP contribution in [0.15, 0.2) is 12.1 Å². The van der Waals surface area contributed by atoms with Crippen LogP contribution in [-0.2, 0) is 0 Å². The predicted molar refractivity (Wildman–Crippen MR) is 75.0 cm³/mol. The summed E-state index contributed by atoms with van der Waals surface area (Å²) < 4.78 is 26.9. The average molecular weight is 267 g/mol. The minimum Gasteiger partial charge on any atom is -0.394 e. The first-order chi connectivity index (χ1) is 9.11. The Balaban J connectivity index is 1.98. The van der Waals surface area contributed by atoms with E-state index in [1.807, 2.05) is 0 Å². The molecule has 2 N–H and O–H groups in total. The molecule has 1 aliphatic rings. The second-order valence-electron chi connectivity index (χ2n) is 5.76. The van der Waals surface area contributed by atoms with Crippen LogP contribution in [-0.4, -0.2) is 0 Å². The molecule has 1 aliphatic carbocycles. The van der Waals surface area contributed by atoms with Crippen molar-refractivity contribution < 1.29 is 8.78 Å². The Kier molecular flexibility index (Phi) is 4.78. The third kappa shape index (κ3) is 3.46. The Morgan fingerprint density at radius 3 is 2.21 bits per heavy atom. The Hall–Kier alpha value is -1.12. The number of nitrogen functional groups attached to an aromatic ring is 1. The summed E-state index contributed by atoms with van der Waals surface area (Å²) in [6.07, 6.45) is 8.27. The highest BCUT2D eigenvalue weighted by molar-refractivity contribution is 5.44. The maximum atomic E-state index is 13.5. The lowest BCUT2D eigenvalue weighted by atomic mass is 9.77. The molecule has 0 atom stereocenters. The summed E-state index contributed by atoms with van der Waals surface area (Å²) in [5.74, 6) is -0.145. The molecule has 0 saturated heterocycles. The summed E-state index contributed by atoms with van der Waals surface area (Å²) in [6, 6.07) is 2.82. The van der Waals surface area contributed by atoms with Gasteiger partial charge in [0, 0.05) is 0 Å². The molecule has 0 aliphatic heterocycles. The molecule has 0 heterocycles. The Morgan fingerprint density at radius 2 is 1.68 bits per heavy atom. The normalized spacial score (nSPS) is 23.5. The van der Waals surface area contributed by atoms with Crippen LogP contribution in [0.2, 0.25) is 0 Å². The first kappa shape index (κ1) is 14.3. The van der Waals surface area contributed by atoms with Crippen LogP contribution in [0, 0.1) is 17.6 Å². The van der Waals surface area contributed by atoms with Crippen LogP contribution in [0.5, 0.6) is 0 Å². The van der Waals surface area contributed by atoms with Crippen LogP contribution in [0.4, 0.5) is 14.5 Å². The van der Waals surface area contributed by atoms with E-state index in [2.05, 4.69) is 6.92 Å². The fraction of sp³-hybridized carbons (Fsp3) is 0.625. The van der Waals surface area contributed by atoms with Crippen molar-refractivity contribution in [3.8, 4) is 0 Å². The highest BCUT2D eigenvalue weighted by Crippen LogP contribution is 2.38. The molecule has 1 aromatic rings. The number of hydrogen-bond acceptors (Lipinski definition) is 1. The number of rotatable bonds is 4. The average Bonchev–Trinajstić information content (AvgIpc) is 2.42. The van der Waals surface area contributed by atoms with Crippen LogP contribution in [0.3, 0.4) is 0 Å². The zero-order valence-corrected chi connectivity index (χ0v) is 11.6. The van der Waals surface area contributed by atoms with Gasteiger partial charge in [-0.15, -0.1) is 0 Å². The minimum atomic E-state index is -0.622. The summed E-state index contributed by atoms with van der Waals surface area (Å²) in [5.41, 5.74) is 5.72. The maximum absolute atomic E-state index is 13.5. The topological polar surface area (TPSA) is 26.0 Å². The van der Waals surface area contributed by atoms with E-state index in [-0.39, 0.29) is 5.69 Å². The molecule has 2 rings (SSSR count). The van der Waals surface area contributed by atoms with Crippen molar-refractivity contribution >= 4 is 5.69 Å². The lowest BCUT2D eigenvalue weighted by Gasteiger charge is -2.29. The van der Waals surface area contributed by atoms with Crippen molar-refractivity contribution in [1.82, 2.24) is 0 Å². The molecule has 1 aromatic carbocycles. The van der Waals surface area contributed by atoms with E-state index < -0.39 is 11.6 Å². The van der Waals surface area contributed by atoms with Gasteiger partial charge in [0.1, 0.15) is 17.3 Å². The number of nitrogens with two attached hydrogens (primary N) is 1. The second-order valence-corrected chi connectivity index (χ2v) is 5.76. The van der Waals surface area contributed by atoms with E-state index >= 15 is 0 Å². The highest BCUT2D eigenvalue weighted by Gasteiger charge is 2.23. The van der Waals surface area contributed by atoms with Crippen LogP contribution in [0.1, 0.15) is 63.4 Å². The van der Waals surface area contributed by atoms with Crippen molar-refractivity contribution in [1.29, 1.82) is 0 Å². The molecule has 0 bridgehead atoms. The SMILES string of the molecule is CCCCC1CCC(c2cc(F)c(N)c(F)c2)CC1. The number of anilines is 1. The number of unbranched alkanes of at least 4 members (excludes halogenated alkanes) is 1. The summed E-state index contributed by atoms with van der Waals surface area (Å²) >= 11 is 0. The molecular weight excluding hydrogens is 244 g/mol. The standard InChI is InChI=1S/C16H23F2N/c1-2-3-4-11-5-7-12(8-6-11)13-9-14(17)16(19)15(18)10-13/h9-12H,2-8,19H2,1H3. The largest absolute Gasteiger partial charge is 0.394 e. The Morgan fingerprint density at radius 1 is 1.11 bits per heavy atom. The third-order valence-electron chi connectivity index (χ3n) is 4.39. The van der Waals surface area contributed by atoms with Gasteiger partial charge in [0.25, 0.3) is 0 Å². The fourth-order valence-corrected chi connectivity index (χ4v) is 3.12. The maximum Gasteiger partial charge on any atom is 0.149 e. The molecule has 19 heavy (non-hydrogen) atoms. The van der Waals surface area contributed by atoms with Crippen LogP contribution in [0.25, 0.3) is 0 Å². The molecule has 106 valence electrons. The van der Waals surface area contributed by atoms with Gasteiger partial charge < -0.3 is 5.73 Å². The zero-order valence-electron chi connectivity index (χ0n) is 11.6. The molecular formula is C16H23F2N. The minimum absolute atomic E-state index is 0.294. The lowest BCUT2D eigenvalue weighted by molar-refractivity contribution is 0.303. The van der Waals surface area contributed by atoms with E-state index in [1.54, 1.807) is 0 Å². The number of halogens is 2. The summed E-state index contributed by atoms with van der Waals surface area (Å²) in [6.45, 7) is 2.21. The van der Waals surface area contributed by atoms with Gasteiger partial charge in [0.2, 0.25) is 0 Å². The summed E-state index contributed by atoms with van der Waals surface area (Å²) in [4.78, 5) is 0. The third-order valence-corrected chi connectivity index (χ3v) is 4.39. The quantitative estimate of drug-likeness (QED) is 0.762. The van der Waals surface area contributed by atoms with Gasteiger partial charge in [0.15, 0.2) is 0 Å². The van der Waals surface area contributed by atoms with E-state index in [4.69, 9.17) is 5.73 Å². The first-order valence-electron chi connectivity index (χ1n) is 7.36. The molecule has 1 saturated carbocycles. The van der Waals surface area contributed by atoms with E-state index in [1.165, 1.54) is 44.2 Å². The van der Waals surface area contributed by atoms with Crippen LogP contribution >= 0.6 is 0 Å². The molecule has 1 fully saturated rings. The number of hydrogen-bond donors (Lipinski definition) is 1. The molecule has 3 heteroatoms. The molecule has 1 nitrogen and oxygen atoms in total. The monoisotopic (exact) mass is 267 g/mol. The van der Waals surface area contributed by atoms with Gasteiger partial charge in [-0.1, -0.05) is 26.2 Å². The van der Waals surface area contributed by atoms with E-state index in [0.29, 0.717) is 5.92 Å². The van der Waals surface area contributed by atoms with Gasteiger partial charge in [-0.2, -0.15) is 0 Å². The fourth-order valence-electron chi connectivity index (χ4n) is 3.12. The van der Waals surface area contributed by atoms with Crippen molar-refractivity contribution in [2.45, 2.75) is 57.8 Å². The van der Waals surface area contributed by atoms with Gasteiger partial charge in [-0.25, -0.2) is 8.78 Å². The van der Waals surface area contributed by atoms with Crippen molar-refractivity contribution in [3.05, 3.63) is 29.3 Å². The zero-order chi connectivity index (χ0) is 13.8. The van der Waals surface area contributed by atoms with Gasteiger partial charge in [-0.05, 0) is 55.2 Å². The predicted octanol–water partition coefficient (Wildman–Crippen LogP) is 5.01. The summed E-state index contributed by atoms with van der Waals surface area (Å²) in [5, 5.41) is 0. The van der Waals surface area contributed by atoms with Gasteiger partial charge in [0.05, 0.1) is 0 Å². The van der Waals surface area contributed by atoms with E-state index in [9.17, 15) is 8.78 Å². The molecule has 0 unspecified atom stereocenters. The lowest BCUT2D eigenvalue weighted by Crippen LogP contribution is -2.14. The van der Waals surface area contributed by atoms with Gasteiger partial charge >= 0.3 is 0 Å². The van der Waals surface area contributed by atoms with Crippen molar-refractivity contribution in [2.24, 2.45) is 5.92 Å². The van der Waals surface area contributed by atoms with E-state index in [0.717, 1.165) is 24.3 Å². The first-order valence-corrected chi connectivity index (χ1v) is 7.36. The molecule has 0 aromatic heterocycles. The second kappa shape index (κ2) is 6.36. The van der Waals surface area contributed by atoms with Crippen molar-refractivity contribution in [3.63, 3.8) is 0 Å². The Bertz CT molecular complexity index is 400. The smallest absolute Gasteiger partial charge is 0.149 e. The summed E-state index contributed by atoms with van der Waals surface area (Å²) in [7, 11) is 0. The molecule has 0 radical (unpaired) electrons. The highest BCUT2D eigenvalue weighted by atomic mass is 19.1. The molecule has 0 amide bonds. The Labute approximate surface area is 114 Å².